The third-order valence-corrected chi connectivity index (χ3v) is 2.71. The Hall–Kier alpha value is -0.410. The number of aryl methyl sites for hydroxylation is 2. The normalized spacial score (nSPS) is 13.6. The Morgan fingerprint density at radius 2 is 2.10 bits per heavy atom. The highest BCUT2D eigenvalue weighted by Gasteiger charge is 2.06. The quantitative estimate of drug-likeness (QED) is 0.673. The minimum Gasteiger partial charge on any atom is -0.322 e. The van der Waals surface area contributed by atoms with E-state index in [0.717, 1.165) is 10.7 Å². The largest absolute Gasteiger partial charge is 0.322 e. The van der Waals surface area contributed by atoms with E-state index in [1.165, 1.54) is 4.88 Å². The van der Waals surface area contributed by atoms with Crippen LogP contribution in [0.5, 0.6) is 0 Å². The minimum atomic E-state index is 0.0809. The van der Waals surface area contributed by atoms with E-state index < -0.39 is 0 Å². The van der Waals surface area contributed by atoms with Crippen molar-refractivity contribution in [3.63, 3.8) is 0 Å². The molecule has 3 heteroatoms. The van der Waals surface area contributed by atoms with Crippen LogP contribution in [0.4, 0.5) is 0 Å². The lowest BCUT2D eigenvalue weighted by Gasteiger charge is -1.95. The van der Waals surface area contributed by atoms with Gasteiger partial charge < -0.3 is 5.73 Å². The van der Waals surface area contributed by atoms with Gasteiger partial charge in [-0.1, -0.05) is 0 Å². The Morgan fingerprint density at radius 3 is 2.30 bits per heavy atom. The summed E-state index contributed by atoms with van der Waals surface area (Å²) in [4.78, 5) is 5.57. The van der Waals surface area contributed by atoms with Gasteiger partial charge in [0.05, 0.1) is 11.7 Å². The smallest absolute Gasteiger partial charge is 0.110 e. The fraction of sp³-hybridized carbons (Fsp3) is 0.571. The molecule has 2 N–H and O–H groups in total. The molecule has 1 aromatic rings. The SMILES string of the molecule is Cc1nc([C@@H](C)N)sc1C. The molecule has 0 aliphatic rings. The fourth-order valence-electron chi connectivity index (χ4n) is 0.692. The van der Waals surface area contributed by atoms with Crippen molar-refractivity contribution in [2.45, 2.75) is 26.8 Å². The van der Waals surface area contributed by atoms with Gasteiger partial charge in [-0.05, 0) is 20.8 Å². The summed E-state index contributed by atoms with van der Waals surface area (Å²) in [7, 11) is 0. The first-order chi connectivity index (χ1) is 4.61. The van der Waals surface area contributed by atoms with Gasteiger partial charge >= 0.3 is 0 Å². The second-order valence-electron chi connectivity index (χ2n) is 2.48. The van der Waals surface area contributed by atoms with Gasteiger partial charge in [0.1, 0.15) is 5.01 Å². The van der Waals surface area contributed by atoms with Crippen molar-refractivity contribution in [3.8, 4) is 0 Å². The number of hydrogen-bond donors (Lipinski definition) is 1. The molecule has 0 radical (unpaired) electrons. The average molecular weight is 156 g/mol. The van der Waals surface area contributed by atoms with E-state index in [-0.39, 0.29) is 6.04 Å². The maximum absolute atomic E-state index is 5.64. The highest BCUT2D eigenvalue weighted by Crippen LogP contribution is 2.20. The highest BCUT2D eigenvalue weighted by atomic mass is 32.1. The molecule has 2 nitrogen and oxygen atoms in total. The van der Waals surface area contributed by atoms with Crippen LogP contribution >= 0.6 is 11.3 Å². The van der Waals surface area contributed by atoms with Crippen molar-refractivity contribution < 1.29 is 0 Å². The molecule has 1 atom stereocenters. The summed E-state index contributed by atoms with van der Waals surface area (Å²) in [5.41, 5.74) is 6.75. The molecule has 0 aliphatic carbocycles. The van der Waals surface area contributed by atoms with E-state index in [2.05, 4.69) is 11.9 Å². The van der Waals surface area contributed by atoms with E-state index in [4.69, 9.17) is 5.73 Å². The number of hydrogen-bond acceptors (Lipinski definition) is 3. The molecule has 10 heavy (non-hydrogen) atoms. The first kappa shape index (κ1) is 7.69. The minimum absolute atomic E-state index is 0.0809. The molecule has 0 aromatic carbocycles. The number of rotatable bonds is 1. The third-order valence-electron chi connectivity index (χ3n) is 1.43. The van der Waals surface area contributed by atoms with Crippen molar-refractivity contribution >= 4 is 11.3 Å². The molecular weight excluding hydrogens is 144 g/mol. The second-order valence-corrected chi connectivity index (χ2v) is 3.72. The second kappa shape index (κ2) is 2.68. The Kier molecular flexibility index (Phi) is 2.06. The number of nitrogens with two attached hydrogens (primary N) is 1. The van der Waals surface area contributed by atoms with Gasteiger partial charge in [-0.2, -0.15) is 0 Å². The lowest BCUT2D eigenvalue weighted by molar-refractivity contribution is 0.803. The van der Waals surface area contributed by atoms with Crippen molar-refractivity contribution in [3.05, 3.63) is 15.6 Å². The number of aromatic nitrogens is 1. The predicted molar refractivity (Wildman–Crippen MR) is 44.2 cm³/mol. The van der Waals surface area contributed by atoms with E-state index in [9.17, 15) is 0 Å². The molecule has 0 saturated carbocycles. The first-order valence-electron chi connectivity index (χ1n) is 3.30. The van der Waals surface area contributed by atoms with Crippen LogP contribution in [0.1, 0.15) is 28.5 Å². The molecule has 1 aromatic heterocycles. The molecule has 0 amide bonds. The van der Waals surface area contributed by atoms with Crippen LogP contribution in [0.15, 0.2) is 0 Å². The summed E-state index contributed by atoms with van der Waals surface area (Å²) >= 11 is 1.69. The van der Waals surface area contributed by atoms with Crippen LogP contribution < -0.4 is 5.73 Å². The zero-order valence-corrected chi connectivity index (χ0v) is 7.33. The molecule has 0 saturated heterocycles. The lowest BCUT2D eigenvalue weighted by Crippen LogP contribution is -2.03. The number of thiazole rings is 1. The van der Waals surface area contributed by atoms with Crippen LogP contribution in [0, 0.1) is 13.8 Å². The fourth-order valence-corrected chi connectivity index (χ4v) is 1.57. The van der Waals surface area contributed by atoms with Crippen molar-refractivity contribution in [1.82, 2.24) is 4.98 Å². The molecule has 0 spiro atoms. The third kappa shape index (κ3) is 1.36. The van der Waals surface area contributed by atoms with Gasteiger partial charge in [-0.25, -0.2) is 4.98 Å². The summed E-state index contributed by atoms with van der Waals surface area (Å²) in [6.07, 6.45) is 0. The molecule has 0 unspecified atom stereocenters. The molecule has 0 fully saturated rings. The lowest BCUT2D eigenvalue weighted by atomic mass is 10.4. The van der Waals surface area contributed by atoms with E-state index in [0.29, 0.717) is 0 Å². The molecule has 56 valence electrons. The number of nitrogens with zero attached hydrogens (tertiary/aromatic N) is 1. The van der Waals surface area contributed by atoms with Crippen LogP contribution in [0.2, 0.25) is 0 Å². The maximum atomic E-state index is 5.64. The van der Waals surface area contributed by atoms with Gasteiger partial charge in [-0.15, -0.1) is 11.3 Å². The van der Waals surface area contributed by atoms with Gasteiger partial charge in [0, 0.05) is 4.88 Å². The van der Waals surface area contributed by atoms with E-state index in [1.807, 2.05) is 13.8 Å². The van der Waals surface area contributed by atoms with Crippen molar-refractivity contribution in [2.75, 3.05) is 0 Å². The van der Waals surface area contributed by atoms with Crippen molar-refractivity contribution in [1.29, 1.82) is 0 Å². The maximum Gasteiger partial charge on any atom is 0.110 e. The molecule has 0 bridgehead atoms. The Morgan fingerprint density at radius 1 is 1.50 bits per heavy atom. The summed E-state index contributed by atoms with van der Waals surface area (Å²) in [5, 5.41) is 1.04. The zero-order chi connectivity index (χ0) is 7.72. The summed E-state index contributed by atoms with van der Waals surface area (Å²) in [5.74, 6) is 0. The standard InChI is InChI=1S/C7H12N2S/c1-4(8)7-9-5(2)6(3)10-7/h4H,8H2,1-3H3/t4-/m1/s1. The van der Waals surface area contributed by atoms with Gasteiger partial charge in [0.2, 0.25) is 0 Å². The summed E-state index contributed by atoms with van der Waals surface area (Å²) < 4.78 is 0. The van der Waals surface area contributed by atoms with E-state index >= 15 is 0 Å². The molecule has 1 rings (SSSR count). The van der Waals surface area contributed by atoms with Crippen molar-refractivity contribution in [2.24, 2.45) is 5.73 Å². The molecule has 0 aliphatic heterocycles. The Balaban J connectivity index is 2.98. The predicted octanol–water partition coefficient (Wildman–Crippen LogP) is 1.78. The highest BCUT2D eigenvalue weighted by molar-refractivity contribution is 7.11. The van der Waals surface area contributed by atoms with Crippen LogP contribution in [0.3, 0.4) is 0 Å². The molecule has 1 heterocycles. The average Bonchev–Trinajstić information content (AvgIpc) is 2.13. The Labute approximate surface area is 65.1 Å². The van der Waals surface area contributed by atoms with Gasteiger partial charge in [0.25, 0.3) is 0 Å². The topological polar surface area (TPSA) is 38.9 Å². The Bertz CT molecular complexity index is 208. The molecular formula is C7H12N2S. The van der Waals surface area contributed by atoms with Gasteiger partial charge in [0.15, 0.2) is 0 Å². The first-order valence-corrected chi connectivity index (χ1v) is 4.12. The zero-order valence-electron chi connectivity index (χ0n) is 6.51. The van der Waals surface area contributed by atoms with Crippen LogP contribution in [0.25, 0.3) is 0 Å². The van der Waals surface area contributed by atoms with Crippen LogP contribution in [-0.2, 0) is 0 Å². The monoisotopic (exact) mass is 156 g/mol. The van der Waals surface area contributed by atoms with Gasteiger partial charge in [-0.3, -0.25) is 0 Å². The summed E-state index contributed by atoms with van der Waals surface area (Å²) in [6.45, 7) is 6.04. The van der Waals surface area contributed by atoms with E-state index in [1.54, 1.807) is 11.3 Å². The van der Waals surface area contributed by atoms with Crippen LogP contribution in [-0.4, -0.2) is 4.98 Å². The summed E-state index contributed by atoms with van der Waals surface area (Å²) in [6, 6.07) is 0.0809.